The Morgan fingerprint density at radius 1 is 1.00 bits per heavy atom. The number of aromatic nitrogens is 2. The van der Waals surface area contributed by atoms with Crippen molar-refractivity contribution in [3.8, 4) is 11.5 Å². The molecule has 0 amide bonds. The van der Waals surface area contributed by atoms with E-state index in [1.807, 2.05) is 0 Å². The van der Waals surface area contributed by atoms with Gasteiger partial charge in [-0.2, -0.15) is 13.2 Å². The lowest BCUT2D eigenvalue weighted by Gasteiger charge is -2.31. The molecule has 0 bridgehead atoms. The van der Waals surface area contributed by atoms with Gasteiger partial charge >= 0.3 is 6.18 Å². The Labute approximate surface area is 187 Å². The monoisotopic (exact) mass is 486 g/mol. The summed E-state index contributed by atoms with van der Waals surface area (Å²) < 4.78 is 76.6. The molecular formula is C20H21F3N4O5S. The van der Waals surface area contributed by atoms with E-state index < -0.39 is 28.3 Å². The maximum Gasteiger partial charge on any atom is 0.420 e. The van der Waals surface area contributed by atoms with Crippen LogP contribution in [0.25, 0.3) is 10.9 Å². The zero-order chi connectivity index (χ0) is 24.3. The van der Waals surface area contributed by atoms with Crippen molar-refractivity contribution in [1.82, 2.24) is 14.9 Å². The lowest BCUT2D eigenvalue weighted by atomic mass is 10.1. The minimum Gasteiger partial charge on any atom is -0.493 e. The van der Waals surface area contributed by atoms with Crippen molar-refractivity contribution in [1.29, 1.82) is 0 Å². The average Bonchev–Trinajstić information content (AvgIpc) is 2.80. The molecule has 0 fully saturated rings. The SMILES string of the molecule is COc1cc2ncnc(NCC(C)(ONS(=O)(=O)c3ccccc3)C(F)(F)F)c2cc1OC. The molecular weight excluding hydrogens is 465 g/mol. The molecule has 0 radical (unpaired) electrons. The normalized spacial score (nSPS) is 14.0. The zero-order valence-electron chi connectivity index (χ0n) is 17.8. The highest BCUT2D eigenvalue weighted by atomic mass is 32.2. The number of halogens is 3. The Bertz CT molecular complexity index is 1230. The number of fused-ring (bicyclic) bond motifs is 1. The maximum atomic E-state index is 13.8. The van der Waals surface area contributed by atoms with Crippen molar-refractivity contribution in [3.63, 3.8) is 0 Å². The summed E-state index contributed by atoms with van der Waals surface area (Å²) in [6.45, 7) is -0.158. The lowest BCUT2D eigenvalue weighted by Crippen LogP contribution is -2.53. The second kappa shape index (κ2) is 9.37. The van der Waals surface area contributed by atoms with Gasteiger partial charge in [0.15, 0.2) is 17.1 Å². The number of sulfonamides is 1. The Kier molecular flexibility index (Phi) is 6.95. The van der Waals surface area contributed by atoms with Crippen molar-refractivity contribution in [3.05, 3.63) is 48.8 Å². The van der Waals surface area contributed by atoms with E-state index in [1.165, 1.54) is 50.9 Å². The average molecular weight is 486 g/mol. The maximum absolute atomic E-state index is 13.8. The molecule has 178 valence electrons. The molecule has 0 aliphatic rings. The van der Waals surface area contributed by atoms with Crippen LogP contribution in [0.3, 0.4) is 0 Å². The molecule has 0 aliphatic carbocycles. The number of nitrogens with zero attached hydrogens (tertiary/aromatic N) is 2. The van der Waals surface area contributed by atoms with Gasteiger partial charge in [-0.15, -0.1) is 0 Å². The van der Waals surface area contributed by atoms with Crippen LogP contribution in [0.1, 0.15) is 6.92 Å². The number of ether oxygens (including phenoxy) is 2. The van der Waals surface area contributed by atoms with Crippen LogP contribution in [-0.4, -0.2) is 50.9 Å². The second-order valence-corrected chi connectivity index (χ2v) is 8.68. The molecule has 3 rings (SSSR count). The van der Waals surface area contributed by atoms with Crippen molar-refractivity contribution >= 4 is 26.7 Å². The summed E-state index contributed by atoms with van der Waals surface area (Å²) in [6, 6.07) is 9.95. The molecule has 1 unspecified atom stereocenters. The first kappa shape index (κ1) is 24.5. The van der Waals surface area contributed by atoms with E-state index in [0.29, 0.717) is 29.3 Å². The fourth-order valence-corrected chi connectivity index (χ4v) is 3.67. The van der Waals surface area contributed by atoms with Crippen LogP contribution in [0.2, 0.25) is 0 Å². The molecule has 9 nitrogen and oxygen atoms in total. The minimum atomic E-state index is -4.94. The Morgan fingerprint density at radius 3 is 2.24 bits per heavy atom. The first-order valence-electron chi connectivity index (χ1n) is 9.43. The third-order valence-electron chi connectivity index (χ3n) is 4.76. The number of hydrogen-bond donors (Lipinski definition) is 2. The van der Waals surface area contributed by atoms with Crippen LogP contribution in [0.5, 0.6) is 11.5 Å². The van der Waals surface area contributed by atoms with Crippen molar-refractivity contribution in [2.45, 2.75) is 23.6 Å². The van der Waals surface area contributed by atoms with Gasteiger partial charge in [0.1, 0.15) is 12.1 Å². The number of hydrogen-bond acceptors (Lipinski definition) is 8. The third-order valence-corrected chi connectivity index (χ3v) is 5.96. The van der Waals surface area contributed by atoms with Crippen molar-refractivity contribution < 1.29 is 35.9 Å². The largest absolute Gasteiger partial charge is 0.493 e. The summed E-state index contributed by atoms with van der Waals surface area (Å²) in [5, 5.41) is 2.94. The fraction of sp³-hybridized carbons (Fsp3) is 0.300. The summed E-state index contributed by atoms with van der Waals surface area (Å²) >= 11 is 0. The highest BCUT2D eigenvalue weighted by molar-refractivity contribution is 7.89. The number of alkyl halides is 3. The summed E-state index contributed by atoms with van der Waals surface area (Å²) in [5.41, 5.74) is -2.55. The van der Waals surface area contributed by atoms with Gasteiger partial charge in [0, 0.05) is 11.5 Å². The van der Waals surface area contributed by atoms with Crippen LogP contribution >= 0.6 is 0 Å². The van der Waals surface area contributed by atoms with Gasteiger partial charge in [0.25, 0.3) is 10.0 Å². The summed E-state index contributed by atoms with van der Waals surface area (Å²) in [5.74, 6) is 0.771. The number of anilines is 1. The summed E-state index contributed by atoms with van der Waals surface area (Å²) in [6.07, 6.45) is -3.77. The smallest absolute Gasteiger partial charge is 0.420 e. The van der Waals surface area contributed by atoms with Crippen molar-refractivity contribution in [2.75, 3.05) is 26.1 Å². The van der Waals surface area contributed by atoms with Crippen LogP contribution in [-0.2, 0) is 14.9 Å². The molecule has 1 atom stereocenters. The van der Waals surface area contributed by atoms with Gasteiger partial charge in [0.05, 0.1) is 31.2 Å². The van der Waals surface area contributed by atoms with Gasteiger partial charge in [-0.1, -0.05) is 23.1 Å². The summed E-state index contributed by atoms with van der Waals surface area (Å²) in [4.78, 5) is 14.1. The van der Waals surface area contributed by atoms with Gasteiger partial charge in [0.2, 0.25) is 0 Å². The molecule has 3 aromatic rings. The van der Waals surface area contributed by atoms with Gasteiger partial charge < -0.3 is 14.8 Å². The molecule has 0 aliphatic heterocycles. The molecule has 2 N–H and O–H groups in total. The van der Waals surface area contributed by atoms with Crippen molar-refractivity contribution in [2.24, 2.45) is 0 Å². The van der Waals surface area contributed by atoms with Gasteiger partial charge in [-0.25, -0.2) is 18.4 Å². The van der Waals surface area contributed by atoms with E-state index in [-0.39, 0.29) is 10.7 Å². The highest BCUT2D eigenvalue weighted by Gasteiger charge is 2.54. The fourth-order valence-electron chi connectivity index (χ4n) is 2.77. The highest BCUT2D eigenvalue weighted by Crippen LogP contribution is 2.36. The van der Waals surface area contributed by atoms with E-state index in [4.69, 9.17) is 14.3 Å². The molecule has 33 heavy (non-hydrogen) atoms. The van der Waals surface area contributed by atoms with E-state index in [0.717, 1.165) is 0 Å². The summed E-state index contributed by atoms with van der Waals surface area (Å²) in [7, 11) is -1.50. The predicted molar refractivity (Wildman–Crippen MR) is 113 cm³/mol. The molecule has 13 heteroatoms. The predicted octanol–water partition coefficient (Wildman–Crippen LogP) is 3.29. The van der Waals surface area contributed by atoms with E-state index in [2.05, 4.69) is 15.3 Å². The Hall–Kier alpha value is -3.16. The Balaban J connectivity index is 1.86. The van der Waals surface area contributed by atoms with Crippen LogP contribution in [0, 0.1) is 0 Å². The lowest BCUT2D eigenvalue weighted by molar-refractivity contribution is -0.274. The third kappa shape index (κ3) is 5.26. The molecule has 2 aromatic carbocycles. The minimum absolute atomic E-state index is 0.0611. The van der Waals surface area contributed by atoms with E-state index >= 15 is 0 Å². The molecule has 0 saturated carbocycles. The number of benzene rings is 2. The zero-order valence-corrected chi connectivity index (χ0v) is 18.6. The Morgan fingerprint density at radius 2 is 1.64 bits per heavy atom. The standard InChI is InChI=1S/C20H21F3N4O5S/c1-19(20(21,22)23,32-27-33(28,29)13-7-5-4-6-8-13)11-24-18-14-9-16(30-2)17(31-3)10-15(14)25-12-26-18/h4-10,12,27H,11H2,1-3H3,(H,24,25,26). The number of rotatable bonds is 9. The van der Waals surface area contributed by atoms with E-state index in [9.17, 15) is 21.6 Å². The van der Waals surface area contributed by atoms with Gasteiger partial charge in [-0.05, 0) is 25.1 Å². The molecule has 1 aromatic heterocycles. The molecule has 0 spiro atoms. The van der Waals surface area contributed by atoms with Crippen LogP contribution < -0.4 is 19.7 Å². The second-order valence-electron chi connectivity index (χ2n) is 7.03. The molecule has 0 saturated heterocycles. The van der Waals surface area contributed by atoms with Gasteiger partial charge in [-0.3, -0.25) is 4.84 Å². The van der Waals surface area contributed by atoms with Crippen LogP contribution in [0.15, 0.2) is 53.7 Å². The first-order chi connectivity index (χ1) is 15.5. The quantitative estimate of drug-likeness (QED) is 0.443. The molecule has 1 heterocycles. The number of methoxy groups -OCH3 is 2. The topological polar surface area (TPSA) is 112 Å². The van der Waals surface area contributed by atoms with E-state index in [1.54, 1.807) is 17.0 Å². The first-order valence-corrected chi connectivity index (χ1v) is 10.9. The van der Waals surface area contributed by atoms with Crippen LogP contribution in [0.4, 0.5) is 19.0 Å². The number of nitrogens with one attached hydrogen (secondary N) is 2.